The van der Waals surface area contributed by atoms with Gasteiger partial charge in [-0.25, -0.2) is 0 Å². The summed E-state index contributed by atoms with van der Waals surface area (Å²) in [4.78, 5) is 2.44. The van der Waals surface area contributed by atoms with Crippen molar-refractivity contribution in [2.45, 2.75) is 31.4 Å². The Morgan fingerprint density at radius 2 is 1.95 bits per heavy atom. The molecule has 1 aliphatic heterocycles. The van der Waals surface area contributed by atoms with Crippen molar-refractivity contribution in [3.05, 3.63) is 52.7 Å². The molecule has 1 fully saturated rings. The van der Waals surface area contributed by atoms with Crippen molar-refractivity contribution in [1.29, 1.82) is 0 Å². The van der Waals surface area contributed by atoms with Crippen LogP contribution in [0.15, 0.2) is 47.2 Å². The van der Waals surface area contributed by atoms with E-state index in [4.69, 9.17) is 0 Å². The molecule has 1 aromatic heterocycles. The van der Waals surface area contributed by atoms with Crippen LogP contribution >= 0.6 is 11.3 Å². The van der Waals surface area contributed by atoms with E-state index in [9.17, 15) is 5.11 Å². The second kappa shape index (κ2) is 6.82. The SMILES string of the molecule is C[C@](O)(CNC1CCN(c2ccccc2)CC1)c1ccsc1. The third kappa shape index (κ3) is 3.69. The van der Waals surface area contributed by atoms with Crippen molar-refractivity contribution >= 4 is 17.0 Å². The molecule has 1 atom stereocenters. The van der Waals surface area contributed by atoms with Crippen LogP contribution in [0.2, 0.25) is 0 Å². The lowest BCUT2D eigenvalue weighted by atomic mass is 9.97. The van der Waals surface area contributed by atoms with Crippen LogP contribution in [-0.4, -0.2) is 30.8 Å². The van der Waals surface area contributed by atoms with Crippen molar-refractivity contribution in [3.8, 4) is 0 Å². The van der Waals surface area contributed by atoms with Crippen molar-refractivity contribution in [3.63, 3.8) is 0 Å². The Morgan fingerprint density at radius 1 is 1.23 bits per heavy atom. The Bertz CT molecular complexity index is 560. The maximum atomic E-state index is 10.6. The Labute approximate surface area is 136 Å². The minimum absolute atomic E-state index is 0.491. The maximum absolute atomic E-state index is 10.6. The lowest BCUT2D eigenvalue weighted by molar-refractivity contribution is 0.0532. The summed E-state index contributed by atoms with van der Waals surface area (Å²) < 4.78 is 0. The Kier molecular flexibility index (Phi) is 4.81. The van der Waals surface area contributed by atoms with Crippen LogP contribution in [0, 0.1) is 0 Å². The zero-order valence-electron chi connectivity index (χ0n) is 13.0. The lowest BCUT2D eigenvalue weighted by Crippen LogP contribution is -2.46. The van der Waals surface area contributed by atoms with Gasteiger partial charge >= 0.3 is 0 Å². The number of aliphatic hydroxyl groups is 1. The molecular weight excluding hydrogens is 292 g/mol. The number of hydrogen-bond donors (Lipinski definition) is 2. The van der Waals surface area contributed by atoms with Crippen LogP contribution in [0.3, 0.4) is 0 Å². The van der Waals surface area contributed by atoms with Crippen molar-refractivity contribution < 1.29 is 5.11 Å². The number of nitrogens with zero attached hydrogens (tertiary/aromatic N) is 1. The summed E-state index contributed by atoms with van der Waals surface area (Å²) in [6.07, 6.45) is 2.24. The molecule has 2 N–H and O–H groups in total. The standard InChI is InChI=1S/C18H24N2OS/c1-18(21,15-9-12-22-13-15)14-19-16-7-10-20(11-8-16)17-5-3-2-4-6-17/h2-6,9,12-13,16,19,21H,7-8,10-11,14H2,1H3/t18-/m0/s1. The van der Waals surface area contributed by atoms with Crippen molar-refractivity contribution in [2.75, 3.05) is 24.5 Å². The van der Waals surface area contributed by atoms with E-state index in [0.717, 1.165) is 31.5 Å². The van der Waals surface area contributed by atoms with Gasteiger partial charge in [-0.2, -0.15) is 11.3 Å². The van der Waals surface area contributed by atoms with Crippen molar-refractivity contribution in [1.82, 2.24) is 5.32 Å². The summed E-state index contributed by atoms with van der Waals surface area (Å²) in [5.74, 6) is 0. The number of anilines is 1. The summed E-state index contributed by atoms with van der Waals surface area (Å²) in [5.41, 5.74) is 1.54. The Morgan fingerprint density at radius 3 is 2.59 bits per heavy atom. The summed E-state index contributed by atoms with van der Waals surface area (Å²) in [6.45, 7) is 4.64. The summed E-state index contributed by atoms with van der Waals surface area (Å²) in [7, 11) is 0. The Balaban J connectivity index is 1.48. The summed E-state index contributed by atoms with van der Waals surface area (Å²) in [6, 6.07) is 13.1. The molecule has 0 amide bonds. The molecule has 22 heavy (non-hydrogen) atoms. The first kappa shape index (κ1) is 15.5. The van der Waals surface area contributed by atoms with Crippen molar-refractivity contribution in [2.24, 2.45) is 0 Å². The first-order valence-corrected chi connectivity index (χ1v) is 8.88. The van der Waals surface area contributed by atoms with Crippen LogP contribution in [0.5, 0.6) is 0 Å². The molecule has 118 valence electrons. The minimum atomic E-state index is -0.781. The van der Waals surface area contributed by atoms with E-state index in [1.807, 2.05) is 23.8 Å². The highest BCUT2D eigenvalue weighted by Crippen LogP contribution is 2.24. The number of para-hydroxylation sites is 1. The molecule has 0 spiro atoms. The molecule has 1 saturated heterocycles. The third-order valence-electron chi connectivity index (χ3n) is 4.49. The van der Waals surface area contributed by atoms with Gasteiger partial charge < -0.3 is 15.3 Å². The highest BCUT2D eigenvalue weighted by atomic mass is 32.1. The molecule has 0 radical (unpaired) electrons. The molecule has 0 aliphatic carbocycles. The monoisotopic (exact) mass is 316 g/mol. The van der Waals surface area contributed by atoms with Crippen LogP contribution < -0.4 is 10.2 Å². The van der Waals surface area contributed by atoms with E-state index in [2.05, 4.69) is 40.5 Å². The predicted octanol–water partition coefficient (Wildman–Crippen LogP) is 3.21. The molecule has 2 heterocycles. The lowest BCUT2D eigenvalue weighted by Gasteiger charge is -2.35. The molecule has 2 aromatic rings. The zero-order valence-corrected chi connectivity index (χ0v) is 13.9. The van der Waals surface area contributed by atoms with Gasteiger partial charge in [0.2, 0.25) is 0 Å². The normalized spacial score (nSPS) is 19.1. The van der Waals surface area contributed by atoms with Gasteiger partial charge in [0, 0.05) is 31.4 Å². The molecule has 3 nitrogen and oxygen atoms in total. The van der Waals surface area contributed by atoms with E-state index in [1.165, 1.54) is 5.69 Å². The second-order valence-corrected chi connectivity index (χ2v) is 7.04. The topological polar surface area (TPSA) is 35.5 Å². The van der Waals surface area contributed by atoms with E-state index in [-0.39, 0.29) is 0 Å². The van der Waals surface area contributed by atoms with E-state index in [0.29, 0.717) is 12.6 Å². The second-order valence-electron chi connectivity index (χ2n) is 6.26. The molecule has 4 heteroatoms. The fraction of sp³-hybridized carbons (Fsp3) is 0.444. The largest absolute Gasteiger partial charge is 0.384 e. The number of piperidine rings is 1. The van der Waals surface area contributed by atoms with Gasteiger partial charge in [0.1, 0.15) is 0 Å². The Hall–Kier alpha value is -1.36. The molecule has 3 rings (SSSR count). The number of hydrogen-bond acceptors (Lipinski definition) is 4. The molecule has 0 unspecified atom stereocenters. The molecule has 1 aliphatic rings. The summed E-state index contributed by atoms with van der Waals surface area (Å²) in [5, 5.41) is 18.2. The average Bonchev–Trinajstić information content (AvgIpc) is 3.10. The first-order valence-electron chi connectivity index (χ1n) is 7.93. The number of benzene rings is 1. The van der Waals surface area contributed by atoms with Gasteiger partial charge in [-0.3, -0.25) is 0 Å². The smallest absolute Gasteiger partial charge is 0.1000 e. The molecule has 0 saturated carbocycles. The van der Waals surface area contributed by atoms with E-state index in [1.54, 1.807) is 11.3 Å². The minimum Gasteiger partial charge on any atom is -0.384 e. The highest BCUT2D eigenvalue weighted by molar-refractivity contribution is 7.08. The van der Waals surface area contributed by atoms with Gasteiger partial charge in [-0.05, 0) is 54.3 Å². The molecule has 0 bridgehead atoms. The van der Waals surface area contributed by atoms with Crippen LogP contribution in [0.4, 0.5) is 5.69 Å². The maximum Gasteiger partial charge on any atom is 0.1000 e. The summed E-state index contributed by atoms with van der Waals surface area (Å²) >= 11 is 1.63. The van der Waals surface area contributed by atoms with Gasteiger partial charge in [0.05, 0.1) is 5.60 Å². The number of rotatable bonds is 5. The van der Waals surface area contributed by atoms with Gasteiger partial charge in [0.15, 0.2) is 0 Å². The fourth-order valence-electron chi connectivity index (χ4n) is 3.00. The highest BCUT2D eigenvalue weighted by Gasteiger charge is 2.26. The third-order valence-corrected chi connectivity index (χ3v) is 5.18. The first-order chi connectivity index (χ1) is 10.6. The van der Waals surface area contributed by atoms with Gasteiger partial charge in [-0.15, -0.1) is 0 Å². The predicted molar refractivity (Wildman–Crippen MR) is 93.6 cm³/mol. The van der Waals surface area contributed by atoms with Crippen LogP contribution in [0.1, 0.15) is 25.3 Å². The van der Waals surface area contributed by atoms with Gasteiger partial charge in [-0.1, -0.05) is 18.2 Å². The fourth-order valence-corrected chi connectivity index (χ4v) is 3.78. The zero-order chi connectivity index (χ0) is 15.4. The quantitative estimate of drug-likeness (QED) is 0.889. The average molecular weight is 316 g/mol. The molecular formula is C18H24N2OS. The van der Waals surface area contributed by atoms with Crippen LogP contribution in [0.25, 0.3) is 0 Å². The number of thiophene rings is 1. The van der Waals surface area contributed by atoms with Gasteiger partial charge in [0.25, 0.3) is 0 Å². The van der Waals surface area contributed by atoms with Crippen LogP contribution in [-0.2, 0) is 5.60 Å². The number of nitrogens with one attached hydrogen (secondary N) is 1. The molecule has 1 aromatic carbocycles. The van der Waals surface area contributed by atoms with E-state index < -0.39 is 5.60 Å². The van der Waals surface area contributed by atoms with E-state index >= 15 is 0 Å².